The average Bonchev–Trinajstić information content (AvgIpc) is 2.09. The second kappa shape index (κ2) is 5.02. The monoisotopic (exact) mass is 199 g/mol. The van der Waals surface area contributed by atoms with E-state index in [1.165, 1.54) is 0 Å². The molecule has 0 aliphatic carbocycles. The van der Waals surface area contributed by atoms with E-state index in [2.05, 4.69) is 22.2 Å². The van der Waals surface area contributed by atoms with Gasteiger partial charge in [0, 0.05) is 24.3 Å². The Balaban J connectivity index is 2.58. The zero-order chi connectivity index (χ0) is 9.68. The quantitative estimate of drug-likeness (QED) is 0.756. The summed E-state index contributed by atoms with van der Waals surface area (Å²) in [5.74, 6) is 1.51. The molecule has 0 amide bonds. The number of anilines is 1. The zero-order valence-electron chi connectivity index (χ0n) is 7.92. The van der Waals surface area contributed by atoms with Crippen LogP contribution in [0.25, 0.3) is 0 Å². The fourth-order valence-electron chi connectivity index (χ4n) is 1.02. The Labute approximate surface area is 83.5 Å². The molecule has 4 heteroatoms. The molecule has 0 spiro atoms. The van der Waals surface area contributed by atoms with E-state index >= 15 is 0 Å². The first-order chi connectivity index (χ1) is 6.24. The summed E-state index contributed by atoms with van der Waals surface area (Å²) >= 11 is 5.63. The van der Waals surface area contributed by atoms with E-state index in [1.54, 1.807) is 12.4 Å². The molecule has 1 aromatic heterocycles. The molecule has 0 bridgehead atoms. The van der Waals surface area contributed by atoms with Crippen LogP contribution in [0.2, 0.25) is 0 Å². The van der Waals surface area contributed by atoms with Gasteiger partial charge in [0.15, 0.2) is 0 Å². The number of alkyl halides is 1. The van der Waals surface area contributed by atoms with E-state index < -0.39 is 0 Å². The van der Waals surface area contributed by atoms with Crippen molar-refractivity contribution < 1.29 is 0 Å². The highest BCUT2D eigenvalue weighted by atomic mass is 35.5. The third-order valence-electron chi connectivity index (χ3n) is 1.81. The van der Waals surface area contributed by atoms with Crippen LogP contribution in [0.1, 0.15) is 19.0 Å². The molecule has 3 nitrogen and oxygen atoms in total. The highest BCUT2D eigenvalue weighted by Crippen LogP contribution is 2.09. The highest BCUT2D eigenvalue weighted by molar-refractivity contribution is 6.17. The van der Waals surface area contributed by atoms with Crippen LogP contribution in [0.15, 0.2) is 12.4 Å². The van der Waals surface area contributed by atoms with Crippen molar-refractivity contribution in [1.29, 1.82) is 0 Å². The SMILES string of the molecule is Cc1nccnc1NC(C)CCCl. The standard InChI is InChI=1S/C9H14ClN3/c1-7(3-4-10)13-9-8(2)11-5-6-12-9/h5-7H,3-4H2,1-2H3,(H,12,13). The third kappa shape index (κ3) is 3.19. The van der Waals surface area contributed by atoms with Crippen LogP contribution in [-0.4, -0.2) is 21.9 Å². The number of hydrogen-bond acceptors (Lipinski definition) is 3. The van der Waals surface area contributed by atoms with Crippen molar-refractivity contribution in [1.82, 2.24) is 9.97 Å². The smallest absolute Gasteiger partial charge is 0.147 e. The molecule has 72 valence electrons. The molecule has 0 saturated carbocycles. The molecule has 0 aliphatic heterocycles. The van der Waals surface area contributed by atoms with E-state index in [9.17, 15) is 0 Å². The molecule has 0 aromatic carbocycles. The first-order valence-electron chi connectivity index (χ1n) is 4.34. The van der Waals surface area contributed by atoms with Gasteiger partial charge in [-0.2, -0.15) is 0 Å². The van der Waals surface area contributed by atoms with Crippen molar-refractivity contribution in [2.24, 2.45) is 0 Å². The lowest BCUT2D eigenvalue weighted by molar-refractivity contribution is 0.760. The maximum atomic E-state index is 5.63. The number of aryl methyl sites for hydroxylation is 1. The van der Waals surface area contributed by atoms with Gasteiger partial charge in [-0.3, -0.25) is 4.98 Å². The molecule has 0 saturated heterocycles. The fourth-order valence-corrected chi connectivity index (χ4v) is 1.35. The third-order valence-corrected chi connectivity index (χ3v) is 2.02. The second-order valence-electron chi connectivity index (χ2n) is 3.01. The summed E-state index contributed by atoms with van der Waals surface area (Å²) in [4.78, 5) is 8.32. The van der Waals surface area contributed by atoms with Gasteiger partial charge < -0.3 is 5.32 Å². The lowest BCUT2D eigenvalue weighted by atomic mass is 10.2. The normalized spacial score (nSPS) is 12.5. The Morgan fingerprint density at radius 2 is 2.15 bits per heavy atom. The minimum Gasteiger partial charge on any atom is -0.366 e. The van der Waals surface area contributed by atoms with E-state index in [4.69, 9.17) is 11.6 Å². The van der Waals surface area contributed by atoms with Gasteiger partial charge in [0.1, 0.15) is 5.82 Å². The summed E-state index contributed by atoms with van der Waals surface area (Å²) in [6.45, 7) is 4.01. The summed E-state index contributed by atoms with van der Waals surface area (Å²) in [6, 6.07) is 0.341. The molecule has 0 aliphatic rings. The first-order valence-corrected chi connectivity index (χ1v) is 4.87. The number of hydrogen-bond donors (Lipinski definition) is 1. The molecule has 1 rings (SSSR count). The maximum absolute atomic E-state index is 5.63. The molecular weight excluding hydrogens is 186 g/mol. The van der Waals surface area contributed by atoms with Gasteiger partial charge in [0.05, 0.1) is 5.69 Å². The number of rotatable bonds is 4. The predicted molar refractivity (Wildman–Crippen MR) is 55.2 cm³/mol. The van der Waals surface area contributed by atoms with Crippen LogP contribution in [0.4, 0.5) is 5.82 Å². The van der Waals surface area contributed by atoms with Gasteiger partial charge in [-0.15, -0.1) is 11.6 Å². The predicted octanol–water partition coefficient (Wildman–Crippen LogP) is 2.21. The Hall–Kier alpha value is -0.830. The first kappa shape index (κ1) is 10.3. The number of aromatic nitrogens is 2. The van der Waals surface area contributed by atoms with Crippen LogP contribution in [0.3, 0.4) is 0 Å². The lowest BCUT2D eigenvalue weighted by Crippen LogP contribution is -2.17. The van der Waals surface area contributed by atoms with E-state index in [0.717, 1.165) is 17.9 Å². The van der Waals surface area contributed by atoms with Gasteiger partial charge in [-0.25, -0.2) is 4.98 Å². The minimum absolute atomic E-state index is 0.341. The Kier molecular flexibility index (Phi) is 3.96. The van der Waals surface area contributed by atoms with Gasteiger partial charge in [-0.05, 0) is 20.3 Å². The van der Waals surface area contributed by atoms with Gasteiger partial charge in [-0.1, -0.05) is 0 Å². The summed E-state index contributed by atoms with van der Waals surface area (Å²) in [6.07, 6.45) is 4.30. The molecule has 13 heavy (non-hydrogen) atoms. The van der Waals surface area contributed by atoms with Crippen LogP contribution in [0, 0.1) is 6.92 Å². The second-order valence-corrected chi connectivity index (χ2v) is 3.39. The Morgan fingerprint density at radius 3 is 2.77 bits per heavy atom. The van der Waals surface area contributed by atoms with Crippen LogP contribution < -0.4 is 5.32 Å². The van der Waals surface area contributed by atoms with E-state index in [-0.39, 0.29) is 0 Å². The topological polar surface area (TPSA) is 37.8 Å². The van der Waals surface area contributed by atoms with Crippen molar-refractivity contribution in [2.45, 2.75) is 26.3 Å². The maximum Gasteiger partial charge on any atom is 0.147 e. The van der Waals surface area contributed by atoms with Crippen molar-refractivity contribution in [2.75, 3.05) is 11.2 Å². The summed E-state index contributed by atoms with van der Waals surface area (Å²) in [5.41, 5.74) is 0.920. The largest absolute Gasteiger partial charge is 0.366 e. The molecular formula is C9H14ClN3. The van der Waals surface area contributed by atoms with Crippen molar-refractivity contribution in [3.8, 4) is 0 Å². The van der Waals surface area contributed by atoms with Crippen LogP contribution in [-0.2, 0) is 0 Å². The Morgan fingerprint density at radius 1 is 1.46 bits per heavy atom. The molecule has 1 N–H and O–H groups in total. The van der Waals surface area contributed by atoms with E-state index in [1.807, 2.05) is 6.92 Å². The van der Waals surface area contributed by atoms with Gasteiger partial charge in [0.25, 0.3) is 0 Å². The Bertz CT molecular complexity index is 265. The minimum atomic E-state index is 0.341. The number of halogens is 1. The van der Waals surface area contributed by atoms with Crippen molar-refractivity contribution in [3.63, 3.8) is 0 Å². The van der Waals surface area contributed by atoms with E-state index in [0.29, 0.717) is 11.9 Å². The summed E-state index contributed by atoms with van der Waals surface area (Å²) < 4.78 is 0. The summed E-state index contributed by atoms with van der Waals surface area (Å²) in [7, 11) is 0. The van der Waals surface area contributed by atoms with Crippen molar-refractivity contribution >= 4 is 17.4 Å². The number of nitrogens with zero attached hydrogens (tertiary/aromatic N) is 2. The van der Waals surface area contributed by atoms with Gasteiger partial charge >= 0.3 is 0 Å². The number of nitrogens with one attached hydrogen (secondary N) is 1. The molecule has 1 heterocycles. The molecule has 0 radical (unpaired) electrons. The lowest BCUT2D eigenvalue weighted by Gasteiger charge is -2.13. The van der Waals surface area contributed by atoms with Crippen LogP contribution >= 0.6 is 11.6 Å². The summed E-state index contributed by atoms with van der Waals surface area (Å²) in [5, 5.41) is 3.25. The highest BCUT2D eigenvalue weighted by Gasteiger charge is 2.04. The van der Waals surface area contributed by atoms with Crippen molar-refractivity contribution in [3.05, 3.63) is 18.1 Å². The molecule has 0 fully saturated rings. The average molecular weight is 200 g/mol. The molecule has 1 atom stereocenters. The van der Waals surface area contributed by atoms with Crippen LogP contribution in [0.5, 0.6) is 0 Å². The molecule has 1 unspecified atom stereocenters. The fraction of sp³-hybridized carbons (Fsp3) is 0.556. The zero-order valence-corrected chi connectivity index (χ0v) is 8.67. The van der Waals surface area contributed by atoms with Gasteiger partial charge in [0.2, 0.25) is 0 Å². The molecule has 1 aromatic rings.